The minimum absolute atomic E-state index is 0.0149. The first kappa shape index (κ1) is 19.5. The second-order valence-corrected chi connectivity index (χ2v) is 7.55. The van der Waals surface area contributed by atoms with Gasteiger partial charge in [0.25, 0.3) is 5.91 Å². The number of amides is 1. The Bertz CT molecular complexity index is 752. The molecule has 1 amide bonds. The molecule has 0 unspecified atom stereocenters. The molecule has 1 aliphatic rings. The molecule has 0 atom stereocenters. The van der Waals surface area contributed by atoms with Crippen LogP contribution in [0, 0.1) is 5.82 Å². The van der Waals surface area contributed by atoms with Gasteiger partial charge in [0.1, 0.15) is 5.82 Å². The molecule has 4 nitrogen and oxygen atoms in total. The number of rotatable bonds is 6. The van der Waals surface area contributed by atoms with Crippen LogP contribution in [0.25, 0.3) is 0 Å². The molecule has 0 saturated carbocycles. The van der Waals surface area contributed by atoms with Crippen LogP contribution in [0.4, 0.5) is 4.39 Å². The molecule has 1 N–H and O–H groups in total. The summed E-state index contributed by atoms with van der Waals surface area (Å²) >= 11 is 0. The van der Waals surface area contributed by atoms with Crippen molar-refractivity contribution in [3.8, 4) is 0 Å². The Morgan fingerprint density at radius 1 is 1.11 bits per heavy atom. The molecular weight excluding hydrogens is 341 g/mol. The van der Waals surface area contributed by atoms with Crippen molar-refractivity contribution in [3.63, 3.8) is 0 Å². The Morgan fingerprint density at radius 2 is 1.78 bits per heavy atom. The lowest BCUT2D eigenvalue weighted by Gasteiger charge is -2.32. The van der Waals surface area contributed by atoms with Gasteiger partial charge in [-0.15, -0.1) is 0 Å². The van der Waals surface area contributed by atoms with Crippen LogP contribution < -0.4 is 5.32 Å². The van der Waals surface area contributed by atoms with Crippen LogP contribution in [-0.2, 0) is 13.1 Å². The van der Waals surface area contributed by atoms with Gasteiger partial charge in [-0.1, -0.05) is 30.3 Å². The third kappa shape index (κ3) is 5.62. The lowest BCUT2D eigenvalue weighted by molar-refractivity contribution is 0.0908. The molecule has 1 aliphatic heterocycles. The molecule has 1 saturated heterocycles. The minimum Gasteiger partial charge on any atom is -0.349 e. The first-order valence-electron chi connectivity index (χ1n) is 9.51. The van der Waals surface area contributed by atoms with Crippen molar-refractivity contribution in [1.82, 2.24) is 15.1 Å². The van der Waals surface area contributed by atoms with Gasteiger partial charge in [0.2, 0.25) is 0 Å². The summed E-state index contributed by atoms with van der Waals surface area (Å²) in [5.41, 5.74) is 2.63. The van der Waals surface area contributed by atoms with E-state index in [1.807, 2.05) is 50.5 Å². The summed E-state index contributed by atoms with van der Waals surface area (Å²) < 4.78 is 13.8. The summed E-state index contributed by atoms with van der Waals surface area (Å²) in [6.45, 7) is 3.21. The van der Waals surface area contributed by atoms with Crippen LogP contribution in [-0.4, -0.2) is 48.9 Å². The number of halogens is 1. The number of piperidine rings is 1. The zero-order valence-electron chi connectivity index (χ0n) is 16.1. The minimum atomic E-state index is -0.148. The fraction of sp³-hybridized carbons (Fsp3) is 0.409. The van der Waals surface area contributed by atoms with E-state index in [2.05, 4.69) is 15.1 Å². The summed E-state index contributed by atoms with van der Waals surface area (Å²) in [5, 5.41) is 3.14. The highest BCUT2D eigenvalue weighted by molar-refractivity contribution is 5.94. The molecular formula is C22H28FN3O. The predicted molar refractivity (Wildman–Crippen MR) is 106 cm³/mol. The largest absolute Gasteiger partial charge is 0.349 e. The van der Waals surface area contributed by atoms with Crippen LogP contribution in [0.5, 0.6) is 0 Å². The fourth-order valence-electron chi connectivity index (χ4n) is 3.50. The number of nitrogens with zero attached hydrogens (tertiary/aromatic N) is 2. The van der Waals surface area contributed by atoms with E-state index in [0.29, 0.717) is 12.1 Å². The van der Waals surface area contributed by atoms with Gasteiger partial charge in [0.05, 0.1) is 0 Å². The molecule has 0 aliphatic carbocycles. The topological polar surface area (TPSA) is 35.6 Å². The molecule has 5 heteroatoms. The van der Waals surface area contributed by atoms with Gasteiger partial charge >= 0.3 is 0 Å². The quantitative estimate of drug-likeness (QED) is 0.849. The van der Waals surface area contributed by atoms with Crippen molar-refractivity contribution in [1.29, 1.82) is 0 Å². The smallest absolute Gasteiger partial charge is 0.251 e. The molecule has 0 spiro atoms. The first-order chi connectivity index (χ1) is 13.0. The van der Waals surface area contributed by atoms with E-state index in [0.717, 1.165) is 38.0 Å². The van der Waals surface area contributed by atoms with Crippen LogP contribution in [0.2, 0.25) is 0 Å². The Hall–Kier alpha value is -2.24. The third-order valence-electron chi connectivity index (χ3n) is 4.99. The van der Waals surface area contributed by atoms with Gasteiger partial charge in [-0.3, -0.25) is 9.69 Å². The Morgan fingerprint density at radius 3 is 2.41 bits per heavy atom. The van der Waals surface area contributed by atoms with E-state index in [1.54, 1.807) is 6.07 Å². The maximum absolute atomic E-state index is 13.8. The number of carbonyl (C=O) groups is 1. The zero-order valence-corrected chi connectivity index (χ0v) is 16.1. The summed E-state index contributed by atoms with van der Waals surface area (Å²) in [6.07, 6.45) is 1.78. The van der Waals surface area contributed by atoms with Crippen molar-refractivity contribution < 1.29 is 9.18 Å². The lowest BCUT2D eigenvalue weighted by atomic mass is 10.0. The van der Waals surface area contributed by atoms with Gasteiger partial charge in [-0.05, 0) is 50.7 Å². The number of hydrogen-bond donors (Lipinski definition) is 1. The molecule has 1 heterocycles. The van der Waals surface area contributed by atoms with Crippen LogP contribution in [0.1, 0.15) is 34.3 Å². The second kappa shape index (κ2) is 9.11. The van der Waals surface area contributed by atoms with Gasteiger partial charge < -0.3 is 10.2 Å². The summed E-state index contributed by atoms with van der Waals surface area (Å²) in [4.78, 5) is 16.8. The lowest BCUT2D eigenvalue weighted by Crippen LogP contribution is -2.44. The first-order valence-corrected chi connectivity index (χ1v) is 9.51. The van der Waals surface area contributed by atoms with E-state index >= 15 is 0 Å². The molecule has 144 valence electrons. The number of carbonyl (C=O) groups excluding carboxylic acids is 1. The van der Waals surface area contributed by atoms with Crippen LogP contribution >= 0.6 is 0 Å². The summed E-state index contributed by atoms with van der Waals surface area (Å²) in [7, 11) is 4.05. The Balaban J connectivity index is 1.47. The number of hydrogen-bond acceptors (Lipinski definition) is 3. The molecule has 0 bridgehead atoms. The molecule has 2 aromatic rings. The number of likely N-dealkylation sites (tertiary alicyclic amines) is 1. The second-order valence-electron chi connectivity index (χ2n) is 7.55. The molecule has 2 aromatic carbocycles. The van der Waals surface area contributed by atoms with E-state index in [-0.39, 0.29) is 17.8 Å². The van der Waals surface area contributed by atoms with Crippen molar-refractivity contribution in [2.45, 2.75) is 32.0 Å². The van der Waals surface area contributed by atoms with Crippen molar-refractivity contribution in [2.24, 2.45) is 0 Å². The van der Waals surface area contributed by atoms with Crippen LogP contribution in [0.3, 0.4) is 0 Å². The highest BCUT2D eigenvalue weighted by Gasteiger charge is 2.21. The average Bonchev–Trinajstić information content (AvgIpc) is 2.65. The van der Waals surface area contributed by atoms with Crippen molar-refractivity contribution in [3.05, 3.63) is 71.0 Å². The van der Waals surface area contributed by atoms with Crippen molar-refractivity contribution >= 4 is 5.91 Å². The van der Waals surface area contributed by atoms with Crippen molar-refractivity contribution in [2.75, 3.05) is 27.2 Å². The van der Waals surface area contributed by atoms with E-state index in [9.17, 15) is 9.18 Å². The molecule has 3 rings (SSSR count). The molecule has 0 radical (unpaired) electrons. The van der Waals surface area contributed by atoms with Gasteiger partial charge in [-0.25, -0.2) is 4.39 Å². The molecule has 27 heavy (non-hydrogen) atoms. The number of nitrogens with one attached hydrogen (secondary N) is 1. The van der Waals surface area contributed by atoms with E-state index in [4.69, 9.17) is 0 Å². The summed E-state index contributed by atoms with van der Waals surface area (Å²) in [5.74, 6) is -0.162. The molecule has 0 aromatic heterocycles. The van der Waals surface area contributed by atoms with E-state index < -0.39 is 0 Å². The zero-order chi connectivity index (χ0) is 19.2. The average molecular weight is 369 g/mol. The standard InChI is InChI=1S/C22H28FN3O/c1-25(2)15-17-7-9-18(10-8-17)22(27)24-20-11-13-26(14-12-20)16-19-5-3-4-6-21(19)23/h3-10,20H,11-16H2,1-2H3,(H,24,27). The highest BCUT2D eigenvalue weighted by atomic mass is 19.1. The SMILES string of the molecule is CN(C)Cc1ccc(C(=O)NC2CCN(Cc3ccccc3F)CC2)cc1. The molecule has 1 fully saturated rings. The third-order valence-corrected chi connectivity index (χ3v) is 4.99. The normalized spacial score (nSPS) is 15.9. The fourth-order valence-corrected chi connectivity index (χ4v) is 3.50. The monoisotopic (exact) mass is 369 g/mol. The van der Waals surface area contributed by atoms with Gasteiger partial charge in [0.15, 0.2) is 0 Å². The van der Waals surface area contributed by atoms with Gasteiger partial charge in [0, 0.05) is 43.3 Å². The summed E-state index contributed by atoms with van der Waals surface area (Å²) in [6, 6.07) is 14.9. The Labute approximate surface area is 161 Å². The Kier molecular flexibility index (Phi) is 6.58. The van der Waals surface area contributed by atoms with E-state index in [1.165, 1.54) is 11.6 Å². The van der Waals surface area contributed by atoms with Crippen LogP contribution in [0.15, 0.2) is 48.5 Å². The highest BCUT2D eigenvalue weighted by Crippen LogP contribution is 2.16. The van der Waals surface area contributed by atoms with Gasteiger partial charge in [-0.2, -0.15) is 0 Å². The maximum Gasteiger partial charge on any atom is 0.251 e. The maximum atomic E-state index is 13.8. The predicted octanol–water partition coefficient (Wildman–Crippen LogP) is 3.28. The number of benzene rings is 2.